The van der Waals surface area contributed by atoms with E-state index in [9.17, 15) is 4.79 Å². The van der Waals surface area contributed by atoms with Gasteiger partial charge >= 0.3 is 0 Å². The van der Waals surface area contributed by atoms with Crippen LogP contribution in [-0.2, 0) is 0 Å². The van der Waals surface area contributed by atoms with Crippen LogP contribution in [0.1, 0.15) is 59.3 Å². The maximum atomic E-state index is 13.0. The molecule has 2 saturated carbocycles. The van der Waals surface area contributed by atoms with Gasteiger partial charge in [0.25, 0.3) is 11.6 Å². The second-order valence-corrected chi connectivity index (χ2v) is 7.29. The van der Waals surface area contributed by atoms with E-state index in [4.69, 9.17) is 16.1 Å². The summed E-state index contributed by atoms with van der Waals surface area (Å²) < 4.78 is 5.47. The van der Waals surface area contributed by atoms with Gasteiger partial charge in [-0.05, 0) is 49.9 Å². The Morgan fingerprint density at radius 1 is 1.16 bits per heavy atom. The van der Waals surface area contributed by atoms with Crippen molar-refractivity contribution in [2.24, 2.45) is 0 Å². The summed E-state index contributed by atoms with van der Waals surface area (Å²) in [5.74, 6) is 0.630. The topological polar surface area (TPSA) is 68.0 Å². The summed E-state index contributed by atoms with van der Waals surface area (Å²) in [4.78, 5) is 17.6. The van der Waals surface area contributed by atoms with Gasteiger partial charge in [0.1, 0.15) is 0 Å². The van der Waals surface area contributed by atoms with Crippen molar-refractivity contribution in [1.29, 1.82) is 0 Å². The summed E-state index contributed by atoms with van der Waals surface area (Å²) in [6.07, 6.45) is 4.39. The van der Waals surface area contributed by atoms with Gasteiger partial charge in [0.05, 0.1) is 16.6 Å². The van der Waals surface area contributed by atoms with Crippen LogP contribution in [0.2, 0.25) is 5.02 Å². The quantitative estimate of drug-likeness (QED) is 0.725. The SMILES string of the molecule is O=C(Nc1cccc(Cl)c1)c1cc(C2CC2)nc2onc(C3CC3)c12. The molecule has 2 heterocycles. The van der Waals surface area contributed by atoms with Gasteiger partial charge in [0.15, 0.2) is 0 Å². The number of carbonyl (C=O) groups is 1. The largest absolute Gasteiger partial charge is 0.335 e. The lowest BCUT2D eigenvalue weighted by Crippen LogP contribution is -2.13. The first-order valence-corrected chi connectivity index (χ1v) is 8.94. The Hall–Kier alpha value is -2.40. The Kier molecular flexibility index (Phi) is 3.31. The molecule has 25 heavy (non-hydrogen) atoms. The van der Waals surface area contributed by atoms with E-state index in [0.29, 0.717) is 33.8 Å². The van der Waals surface area contributed by atoms with Crippen LogP contribution in [-0.4, -0.2) is 16.0 Å². The fourth-order valence-corrected chi connectivity index (χ4v) is 3.35. The van der Waals surface area contributed by atoms with E-state index in [1.54, 1.807) is 12.1 Å². The standard InChI is InChI=1S/C19H16ClN3O2/c20-12-2-1-3-13(8-12)21-18(24)14-9-15(10-4-5-10)22-19-16(14)17(23-25-19)11-6-7-11/h1-3,8-11H,4-7H2,(H,21,24). The van der Waals surface area contributed by atoms with E-state index in [2.05, 4.69) is 15.5 Å². The van der Waals surface area contributed by atoms with Crippen molar-refractivity contribution in [3.05, 3.63) is 52.3 Å². The number of nitrogens with zero attached hydrogens (tertiary/aromatic N) is 2. The van der Waals surface area contributed by atoms with Crippen LogP contribution < -0.4 is 5.32 Å². The van der Waals surface area contributed by atoms with E-state index >= 15 is 0 Å². The van der Waals surface area contributed by atoms with E-state index in [1.165, 1.54) is 0 Å². The molecule has 0 saturated heterocycles. The van der Waals surface area contributed by atoms with Crippen LogP contribution in [0.25, 0.3) is 11.1 Å². The highest BCUT2D eigenvalue weighted by molar-refractivity contribution is 6.31. The molecule has 2 aliphatic rings. The molecule has 0 bridgehead atoms. The van der Waals surface area contributed by atoms with Crippen LogP contribution in [0.4, 0.5) is 5.69 Å². The van der Waals surface area contributed by atoms with Gasteiger partial charge in [-0.3, -0.25) is 4.79 Å². The first kappa shape index (κ1) is 14.9. The lowest BCUT2D eigenvalue weighted by Gasteiger charge is -2.08. The number of benzene rings is 1. The van der Waals surface area contributed by atoms with Crippen molar-refractivity contribution in [3.8, 4) is 0 Å². The molecular formula is C19H16ClN3O2. The van der Waals surface area contributed by atoms with Crippen LogP contribution in [0.5, 0.6) is 0 Å². The molecule has 5 rings (SSSR count). The molecule has 0 spiro atoms. The molecule has 1 N–H and O–H groups in total. The van der Waals surface area contributed by atoms with Crippen molar-refractivity contribution >= 4 is 34.3 Å². The van der Waals surface area contributed by atoms with Gasteiger partial charge < -0.3 is 9.84 Å². The van der Waals surface area contributed by atoms with Crippen LogP contribution in [0, 0.1) is 0 Å². The maximum Gasteiger partial charge on any atom is 0.259 e. The monoisotopic (exact) mass is 353 g/mol. The van der Waals surface area contributed by atoms with Crippen molar-refractivity contribution in [2.75, 3.05) is 5.32 Å². The molecular weight excluding hydrogens is 338 g/mol. The predicted octanol–water partition coefficient (Wildman–Crippen LogP) is 4.88. The average Bonchev–Trinajstić information content (AvgIpc) is 3.51. The van der Waals surface area contributed by atoms with E-state index in [-0.39, 0.29) is 5.91 Å². The minimum atomic E-state index is -0.179. The predicted molar refractivity (Wildman–Crippen MR) is 95.2 cm³/mol. The number of hydrogen-bond donors (Lipinski definition) is 1. The van der Waals surface area contributed by atoms with E-state index in [1.807, 2.05) is 18.2 Å². The molecule has 0 atom stereocenters. The zero-order chi connectivity index (χ0) is 17.0. The van der Waals surface area contributed by atoms with Crippen LogP contribution in [0.3, 0.4) is 0 Å². The second kappa shape index (κ2) is 5.56. The minimum Gasteiger partial charge on any atom is -0.335 e. The minimum absolute atomic E-state index is 0.179. The summed E-state index contributed by atoms with van der Waals surface area (Å²) in [5, 5.41) is 8.48. The maximum absolute atomic E-state index is 13.0. The molecule has 126 valence electrons. The van der Waals surface area contributed by atoms with Crippen molar-refractivity contribution < 1.29 is 9.32 Å². The van der Waals surface area contributed by atoms with Crippen LogP contribution >= 0.6 is 11.6 Å². The Balaban J connectivity index is 1.60. The molecule has 1 aromatic carbocycles. The molecule has 6 heteroatoms. The molecule has 5 nitrogen and oxygen atoms in total. The van der Waals surface area contributed by atoms with E-state index in [0.717, 1.165) is 42.5 Å². The Morgan fingerprint density at radius 3 is 2.68 bits per heavy atom. The third-order valence-corrected chi connectivity index (χ3v) is 5.01. The Morgan fingerprint density at radius 2 is 1.96 bits per heavy atom. The molecule has 0 aliphatic heterocycles. The molecule has 0 radical (unpaired) electrons. The number of anilines is 1. The molecule has 3 aromatic rings. The van der Waals surface area contributed by atoms with Crippen molar-refractivity contribution in [2.45, 2.75) is 37.5 Å². The number of pyridine rings is 1. The molecule has 2 aliphatic carbocycles. The number of aromatic nitrogens is 2. The highest BCUT2D eigenvalue weighted by atomic mass is 35.5. The number of carbonyl (C=O) groups excluding carboxylic acids is 1. The van der Waals surface area contributed by atoms with Crippen LogP contribution in [0.15, 0.2) is 34.9 Å². The fraction of sp³-hybridized carbons (Fsp3) is 0.316. The van der Waals surface area contributed by atoms with Gasteiger partial charge in [-0.1, -0.05) is 22.8 Å². The normalized spacial score (nSPS) is 17.0. The summed E-state index contributed by atoms with van der Waals surface area (Å²) in [6.45, 7) is 0. The highest BCUT2D eigenvalue weighted by Gasteiger charge is 2.34. The van der Waals surface area contributed by atoms with Gasteiger partial charge in [0, 0.05) is 28.2 Å². The number of halogens is 1. The van der Waals surface area contributed by atoms with Gasteiger partial charge in [-0.15, -0.1) is 0 Å². The third kappa shape index (κ3) is 2.78. The number of hydrogen-bond acceptors (Lipinski definition) is 4. The van der Waals surface area contributed by atoms with Crippen molar-refractivity contribution in [3.63, 3.8) is 0 Å². The summed E-state index contributed by atoms with van der Waals surface area (Å²) in [7, 11) is 0. The van der Waals surface area contributed by atoms with Gasteiger partial charge in [-0.25, -0.2) is 4.98 Å². The summed E-state index contributed by atoms with van der Waals surface area (Å²) in [5.41, 5.74) is 3.51. The first-order valence-electron chi connectivity index (χ1n) is 8.56. The average molecular weight is 354 g/mol. The summed E-state index contributed by atoms with van der Waals surface area (Å²) in [6, 6.07) is 9.04. The Bertz CT molecular complexity index is 989. The van der Waals surface area contributed by atoms with Crippen molar-refractivity contribution in [1.82, 2.24) is 10.1 Å². The van der Waals surface area contributed by atoms with Gasteiger partial charge in [-0.2, -0.15) is 0 Å². The molecule has 2 aromatic heterocycles. The first-order chi connectivity index (χ1) is 12.2. The number of fused-ring (bicyclic) bond motifs is 1. The second-order valence-electron chi connectivity index (χ2n) is 6.86. The van der Waals surface area contributed by atoms with Gasteiger partial charge in [0.2, 0.25) is 0 Å². The lowest BCUT2D eigenvalue weighted by molar-refractivity contribution is 0.102. The zero-order valence-corrected chi connectivity index (χ0v) is 14.2. The zero-order valence-electron chi connectivity index (χ0n) is 13.5. The molecule has 0 unspecified atom stereocenters. The summed E-state index contributed by atoms with van der Waals surface area (Å²) >= 11 is 6.02. The molecule has 1 amide bonds. The lowest BCUT2D eigenvalue weighted by atomic mass is 10.0. The number of rotatable bonds is 4. The fourth-order valence-electron chi connectivity index (χ4n) is 3.16. The number of nitrogens with one attached hydrogen (secondary N) is 1. The highest BCUT2D eigenvalue weighted by Crippen LogP contribution is 2.45. The van der Waals surface area contributed by atoms with E-state index < -0.39 is 0 Å². The Labute approximate surface area is 149 Å². The number of amides is 1. The molecule has 2 fully saturated rings. The smallest absolute Gasteiger partial charge is 0.259 e. The third-order valence-electron chi connectivity index (χ3n) is 4.78.